The Labute approximate surface area is 124 Å². The largest absolute Gasteiger partial charge is 0.494 e. The molecule has 0 radical (unpaired) electrons. The normalized spacial score (nSPS) is 11.8. The Balaban J connectivity index is 2.15. The number of nitrogens with one attached hydrogen (secondary N) is 1. The molecule has 0 aliphatic carbocycles. The second-order valence-electron chi connectivity index (χ2n) is 4.02. The third-order valence-corrected chi connectivity index (χ3v) is 3.16. The maximum atomic E-state index is 12.0. The number of carbonyl (C=O) groups excluding carboxylic acids is 1. The Hall–Kier alpha value is -1.92. The summed E-state index contributed by atoms with van der Waals surface area (Å²) in [7, 11) is 1.50. The van der Waals surface area contributed by atoms with E-state index in [1.165, 1.54) is 13.3 Å². The Bertz CT molecular complexity index is 619. The summed E-state index contributed by atoms with van der Waals surface area (Å²) < 4.78 is 5.90. The lowest BCUT2D eigenvalue weighted by atomic mass is 10.1. The van der Waals surface area contributed by atoms with Crippen molar-refractivity contribution < 1.29 is 14.6 Å². The first kappa shape index (κ1) is 14.5. The molecule has 0 unspecified atom stereocenters. The van der Waals surface area contributed by atoms with Gasteiger partial charge in [0.25, 0.3) is 5.91 Å². The first-order valence-electron chi connectivity index (χ1n) is 5.84. The fourth-order valence-corrected chi connectivity index (χ4v) is 2.10. The fourth-order valence-electron chi connectivity index (χ4n) is 1.68. The van der Waals surface area contributed by atoms with E-state index in [0.717, 1.165) is 4.47 Å². The van der Waals surface area contributed by atoms with Gasteiger partial charge in [-0.05, 0) is 17.7 Å². The molecule has 0 fully saturated rings. The molecule has 104 valence electrons. The summed E-state index contributed by atoms with van der Waals surface area (Å²) >= 11 is 3.30. The number of nitrogens with zero attached hydrogens (tertiary/aromatic N) is 1. The van der Waals surface area contributed by atoms with Gasteiger partial charge in [0, 0.05) is 16.7 Å². The lowest BCUT2D eigenvalue weighted by Gasteiger charge is -2.13. The molecule has 2 aromatic rings. The highest BCUT2D eigenvalue weighted by Gasteiger charge is 2.19. The minimum Gasteiger partial charge on any atom is -0.494 e. The molecule has 0 bridgehead atoms. The zero-order valence-electron chi connectivity index (χ0n) is 10.7. The van der Waals surface area contributed by atoms with Gasteiger partial charge in [-0.15, -0.1) is 0 Å². The average Bonchev–Trinajstić information content (AvgIpc) is 2.47. The van der Waals surface area contributed by atoms with Crippen LogP contribution in [0.2, 0.25) is 0 Å². The SMILES string of the molecule is COc1ccncc1NC(=O)[C@@H](O)c1cccc(Br)c1. The molecule has 0 spiro atoms. The van der Waals surface area contributed by atoms with E-state index < -0.39 is 12.0 Å². The van der Waals surface area contributed by atoms with Gasteiger partial charge in [-0.1, -0.05) is 28.1 Å². The van der Waals surface area contributed by atoms with Crippen LogP contribution < -0.4 is 10.1 Å². The molecule has 2 rings (SSSR count). The molecule has 1 aromatic carbocycles. The van der Waals surface area contributed by atoms with Crippen molar-refractivity contribution >= 4 is 27.5 Å². The van der Waals surface area contributed by atoms with Gasteiger partial charge < -0.3 is 15.2 Å². The summed E-state index contributed by atoms with van der Waals surface area (Å²) in [5.74, 6) is -0.0656. The molecule has 1 heterocycles. The van der Waals surface area contributed by atoms with Crippen LogP contribution in [0.5, 0.6) is 5.75 Å². The van der Waals surface area contributed by atoms with E-state index in [2.05, 4.69) is 26.2 Å². The predicted molar refractivity (Wildman–Crippen MR) is 78.5 cm³/mol. The van der Waals surface area contributed by atoms with Crippen molar-refractivity contribution in [3.8, 4) is 5.75 Å². The van der Waals surface area contributed by atoms with Crippen molar-refractivity contribution in [2.45, 2.75) is 6.10 Å². The van der Waals surface area contributed by atoms with E-state index in [9.17, 15) is 9.90 Å². The number of aromatic nitrogens is 1. The van der Waals surface area contributed by atoms with Crippen LogP contribution in [-0.4, -0.2) is 23.1 Å². The minimum atomic E-state index is -1.27. The van der Waals surface area contributed by atoms with Crippen molar-refractivity contribution in [3.05, 3.63) is 52.8 Å². The number of aliphatic hydroxyl groups excluding tert-OH is 1. The van der Waals surface area contributed by atoms with Crippen LogP contribution in [0, 0.1) is 0 Å². The van der Waals surface area contributed by atoms with Gasteiger partial charge in [0.15, 0.2) is 6.10 Å². The molecule has 20 heavy (non-hydrogen) atoms. The van der Waals surface area contributed by atoms with Gasteiger partial charge in [0.05, 0.1) is 13.3 Å². The van der Waals surface area contributed by atoms with Gasteiger partial charge in [-0.25, -0.2) is 0 Å². The molecule has 0 saturated heterocycles. The van der Waals surface area contributed by atoms with Crippen LogP contribution in [0.3, 0.4) is 0 Å². The van der Waals surface area contributed by atoms with Crippen LogP contribution in [0.15, 0.2) is 47.2 Å². The number of halogens is 1. The number of amides is 1. The molecule has 0 aliphatic heterocycles. The number of hydrogen-bond donors (Lipinski definition) is 2. The standard InChI is InChI=1S/C14H13BrN2O3/c1-20-12-5-6-16-8-11(12)17-14(19)13(18)9-3-2-4-10(15)7-9/h2-8,13,18H,1H3,(H,17,19)/t13-/m0/s1. The van der Waals surface area contributed by atoms with Crippen molar-refractivity contribution in [2.24, 2.45) is 0 Å². The van der Waals surface area contributed by atoms with Crippen molar-refractivity contribution in [3.63, 3.8) is 0 Å². The first-order chi connectivity index (χ1) is 9.61. The lowest BCUT2D eigenvalue weighted by Crippen LogP contribution is -2.21. The van der Waals surface area contributed by atoms with Gasteiger partial charge >= 0.3 is 0 Å². The summed E-state index contributed by atoms with van der Waals surface area (Å²) in [5.41, 5.74) is 0.911. The van der Waals surface area contributed by atoms with Gasteiger partial charge in [-0.3, -0.25) is 9.78 Å². The maximum absolute atomic E-state index is 12.0. The number of hydrogen-bond acceptors (Lipinski definition) is 4. The second kappa shape index (κ2) is 6.49. The van der Waals surface area contributed by atoms with Gasteiger partial charge in [0.2, 0.25) is 0 Å². The van der Waals surface area contributed by atoms with Crippen molar-refractivity contribution in [1.29, 1.82) is 0 Å². The maximum Gasteiger partial charge on any atom is 0.257 e. The third kappa shape index (κ3) is 3.34. The van der Waals surface area contributed by atoms with E-state index in [-0.39, 0.29) is 0 Å². The number of anilines is 1. The zero-order valence-corrected chi connectivity index (χ0v) is 12.3. The summed E-state index contributed by atoms with van der Waals surface area (Å²) in [6.07, 6.45) is 1.75. The minimum absolute atomic E-state index is 0.411. The van der Waals surface area contributed by atoms with Gasteiger partial charge in [-0.2, -0.15) is 0 Å². The van der Waals surface area contributed by atoms with E-state index in [1.54, 1.807) is 30.5 Å². The third-order valence-electron chi connectivity index (χ3n) is 2.67. The number of rotatable bonds is 4. The van der Waals surface area contributed by atoms with Crippen LogP contribution in [0.1, 0.15) is 11.7 Å². The number of pyridine rings is 1. The highest BCUT2D eigenvalue weighted by Crippen LogP contribution is 2.24. The summed E-state index contributed by atoms with van der Waals surface area (Å²) in [6.45, 7) is 0. The Kier molecular flexibility index (Phi) is 4.70. The molecule has 1 atom stereocenters. The number of ether oxygens (including phenoxy) is 1. The molecule has 6 heteroatoms. The number of aliphatic hydroxyl groups is 1. The molecular weight excluding hydrogens is 324 g/mol. The first-order valence-corrected chi connectivity index (χ1v) is 6.63. The van der Waals surface area contributed by atoms with E-state index in [1.807, 2.05) is 6.07 Å². The molecule has 2 N–H and O–H groups in total. The Morgan fingerprint density at radius 2 is 2.25 bits per heavy atom. The molecular formula is C14H13BrN2O3. The van der Waals surface area contributed by atoms with E-state index in [0.29, 0.717) is 17.0 Å². The van der Waals surface area contributed by atoms with E-state index in [4.69, 9.17) is 4.74 Å². The Morgan fingerprint density at radius 3 is 2.95 bits per heavy atom. The molecule has 1 aromatic heterocycles. The second-order valence-corrected chi connectivity index (χ2v) is 4.94. The predicted octanol–water partition coefficient (Wildman–Crippen LogP) is 2.52. The van der Waals surface area contributed by atoms with Crippen molar-refractivity contribution in [2.75, 3.05) is 12.4 Å². The summed E-state index contributed by atoms with van der Waals surface area (Å²) in [5, 5.41) is 12.6. The van der Waals surface area contributed by atoms with E-state index >= 15 is 0 Å². The topological polar surface area (TPSA) is 71.5 Å². The summed E-state index contributed by atoms with van der Waals surface area (Å²) in [4.78, 5) is 15.9. The quantitative estimate of drug-likeness (QED) is 0.899. The van der Waals surface area contributed by atoms with Crippen LogP contribution in [0.25, 0.3) is 0 Å². The molecule has 5 nitrogen and oxygen atoms in total. The molecule has 0 aliphatic rings. The molecule has 1 amide bonds. The summed E-state index contributed by atoms with van der Waals surface area (Å²) in [6, 6.07) is 8.56. The highest BCUT2D eigenvalue weighted by atomic mass is 79.9. The average molecular weight is 337 g/mol. The lowest BCUT2D eigenvalue weighted by molar-refractivity contribution is -0.124. The fraction of sp³-hybridized carbons (Fsp3) is 0.143. The Morgan fingerprint density at radius 1 is 1.45 bits per heavy atom. The van der Waals surface area contributed by atoms with Crippen LogP contribution in [-0.2, 0) is 4.79 Å². The number of methoxy groups -OCH3 is 1. The highest BCUT2D eigenvalue weighted by molar-refractivity contribution is 9.10. The number of benzene rings is 1. The molecule has 0 saturated carbocycles. The van der Waals surface area contributed by atoms with Crippen molar-refractivity contribution in [1.82, 2.24) is 4.98 Å². The number of carbonyl (C=O) groups is 1. The van der Waals surface area contributed by atoms with Crippen LogP contribution in [0.4, 0.5) is 5.69 Å². The smallest absolute Gasteiger partial charge is 0.257 e. The zero-order chi connectivity index (χ0) is 14.5. The van der Waals surface area contributed by atoms with Crippen LogP contribution >= 0.6 is 15.9 Å². The van der Waals surface area contributed by atoms with Gasteiger partial charge in [0.1, 0.15) is 11.4 Å². The monoisotopic (exact) mass is 336 g/mol.